The molecule has 2 aromatic rings. The van der Waals surface area contributed by atoms with Crippen molar-refractivity contribution in [1.29, 1.82) is 0 Å². The van der Waals surface area contributed by atoms with E-state index < -0.39 is 0 Å². The van der Waals surface area contributed by atoms with Crippen molar-refractivity contribution in [3.05, 3.63) is 29.8 Å². The molecule has 0 saturated carbocycles. The maximum absolute atomic E-state index is 9.60. The van der Waals surface area contributed by atoms with E-state index >= 15 is 0 Å². The van der Waals surface area contributed by atoms with Gasteiger partial charge in [-0.1, -0.05) is 0 Å². The number of hydrogen-bond donors (Lipinski definition) is 4. The van der Waals surface area contributed by atoms with Crippen LogP contribution in [0.4, 0.5) is 17.3 Å². The van der Waals surface area contributed by atoms with Crippen LogP contribution < -0.4 is 22.8 Å². The molecule has 2 heterocycles. The Morgan fingerprint density at radius 2 is 2.18 bits per heavy atom. The van der Waals surface area contributed by atoms with E-state index in [1.54, 1.807) is 12.1 Å². The molecule has 0 saturated heterocycles. The number of nitrogens with zero attached hydrogens (tertiary/aromatic N) is 3. The molecular formula is C9H12N6O2. The van der Waals surface area contributed by atoms with Gasteiger partial charge in [-0.15, -0.1) is 4.73 Å². The lowest BCUT2D eigenvalue weighted by Gasteiger charge is -2.07. The minimum absolute atomic E-state index is 0.0180. The van der Waals surface area contributed by atoms with Crippen LogP contribution in [0.15, 0.2) is 27.8 Å². The van der Waals surface area contributed by atoms with E-state index in [1.165, 1.54) is 6.26 Å². The summed E-state index contributed by atoms with van der Waals surface area (Å²) in [5, 5.41) is 9.60. The average molecular weight is 236 g/mol. The van der Waals surface area contributed by atoms with E-state index in [2.05, 4.69) is 9.98 Å². The van der Waals surface area contributed by atoms with Gasteiger partial charge < -0.3 is 26.8 Å². The van der Waals surface area contributed by atoms with E-state index in [-0.39, 0.29) is 29.5 Å². The van der Waals surface area contributed by atoms with Gasteiger partial charge in [-0.3, -0.25) is 0 Å². The van der Waals surface area contributed by atoms with Crippen molar-refractivity contribution in [1.82, 2.24) is 9.71 Å². The number of nitrogens with two attached hydrogens (primary N) is 3. The van der Waals surface area contributed by atoms with E-state index in [9.17, 15) is 5.21 Å². The van der Waals surface area contributed by atoms with Gasteiger partial charge in [0.15, 0.2) is 11.6 Å². The van der Waals surface area contributed by atoms with Crippen LogP contribution in [0, 0.1) is 0 Å². The lowest BCUT2D eigenvalue weighted by atomic mass is 10.4. The van der Waals surface area contributed by atoms with Crippen molar-refractivity contribution >= 4 is 17.3 Å². The SMILES string of the molecule is Nc1nc(=NCc2ccco2)n(O)c(N)c1N. The smallest absolute Gasteiger partial charge is 0.262 e. The van der Waals surface area contributed by atoms with E-state index in [4.69, 9.17) is 21.6 Å². The Hall–Kier alpha value is -2.64. The Morgan fingerprint density at radius 3 is 2.82 bits per heavy atom. The Bertz CT molecular complexity index is 586. The fraction of sp³-hybridized carbons (Fsp3) is 0.111. The van der Waals surface area contributed by atoms with Crippen LogP contribution in [0.25, 0.3) is 0 Å². The molecule has 0 aliphatic rings. The van der Waals surface area contributed by atoms with Crippen LogP contribution in [0.1, 0.15) is 5.76 Å². The second-order valence-electron chi connectivity index (χ2n) is 3.30. The lowest BCUT2D eigenvalue weighted by molar-refractivity contribution is 0.173. The zero-order valence-electron chi connectivity index (χ0n) is 8.87. The fourth-order valence-electron chi connectivity index (χ4n) is 1.22. The Morgan fingerprint density at radius 1 is 1.41 bits per heavy atom. The molecular weight excluding hydrogens is 224 g/mol. The van der Waals surface area contributed by atoms with E-state index in [1.807, 2.05) is 0 Å². The van der Waals surface area contributed by atoms with Crippen molar-refractivity contribution in [2.75, 3.05) is 17.2 Å². The van der Waals surface area contributed by atoms with Crippen molar-refractivity contribution in [3.8, 4) is 0 Å². The summed E-state index contributed by atoms with van der Waals surface area (Å²) < 4.78 is 5.66. The molecule has 7 N–H and O–H groups in total. The van der Waals surface area contributed by atoms with Crippen LogP contribution in [0.3, 0.4) is 0 Å². The summed E-state index contributed by atoms with van der Waals surface area (Å²) in [7, 11) is 0. The summed E-state index contributed by atoms with van der Waals surface area (Å²) in [4.78, 5) is 7.81. The highest BCUT2D eigenvalue weighted by Gasteiger charge is 2.07. The van der Waals surface area contributed by atoms with Crippen LogP contribution >= 0.6 is 0 Å². The first-order valence-corrected chi connectivity index (χ1v) is 4.75. The summed E-state index contributed by atoms with van der Waals surface area (Å²) in [5.74, 6) is 0.544. The first-order valence-electron chi connectivity index (χ1n) is 4.75. The zero-order chi connectivity index (χ0) is 12.4. The summed E-state index contributed by atoms with van der Waals surface area (Å²) in [6.07, 6.45) is 1.52. The van der Waals surface area contributed by atoms with Crippen LogP contribution in [-0.2, 0) is 6.54 Å². The standard InChI is InChI=1S/C9H12N6O2/c10-6-7(11)14-9(15(16)8(6)12)13-4-5-2-1-3-17-5/h1-3,16H,4,10,12H2,(H2,11,13,14). The fourth-order valence-corrected chi connectivity index (χ4v) is 1.22. The topological polar surface area (TPSA) is 142 Å². The van der Waals surface area contributed by atoms with Gasteiger partial charge in [-0.2, -0.15) is 4.98 Å². The molecule has 0 aromatic carbocycles. The number of aromatic nitrogens is 2. The Kier molecular flexibility index (Phi) is 2.61. The highest BCUT2D eigenvalue weighted by atomic mass is 16.5. The number of nitrogen functional groups attached to an aromatic ring is 3. The monoisotopic (exact) mass is 236 g/mol. The second kappa shape index (κ2) is 4.08. The van der Waals surface area contributed by atoms with Crippen LogP contribution in [0.2, 0.25) is 0 Å². The molecule has 0 amide bonds. The summed E-state index contributed by atoms with van der Waals surface area (Å²) in [5.41, 5.74) is 16.5. The molecule has 90 valence electrons. The number of rotatable bonds is 2. The third-order valence-electron chi connectivity index (χ3n) is 2.15. The van der Waals surface area contributed by atoms with E-state index in [0.29, 0.717) is 10.5 Å². The van der Waals surface area contributed by atoms with Gasteiger partial charge in [0.1, 0.15) is 18.0 Å². The predicted octanol–water partition coefficient (Wildman–Crippen LogP) is -0.439. The van der Waals surface area contributed by atoms with Gasteiger partial charge in [-0.25, -0.2) is 4.99 Å². The molecule has 8 nitrogen and oxygen atoms in total. The molecule has 0 atom stereocenters. The average Bonchev–Trinajstić information content (AvgIpc) is 2.82. The normalized spacial score (nSPS) is 11.9. The predicted molar refractivity (Wildman–Crippen MR) is 60.6 cm³/mol. The molecule has 2 rings (SSSR count). The minimum Gasteiger partial charge on any atom is -0.467 e. The third kappa shape index (κ3) is 2.00. The quantitative estimate of drug-likeness (QED) is 0.521. The molecule has 0 radical (unpaired) electrons. The summed E-state index contributed by atoms with van der Waals surface area (Å²) in [6, 6.07) is 3.48. The van der Waals surface area contributed by atoms with Crippen molar-refractivity contribution in [2.24, 2.45) is 4.99 Å². The van der Waals surface area contributed by atoms with E-state index in [0.717, 1.165) is 0 Å². The first kappa shape index (κ1) is 10.9. The van der Waals surface area contributed by atoms with Gasteiger partial charge in [0, 0.05) is 0 Å². The van der Waals surface area contributed by atoms with Gasteiger partial charge in [-0.05, 0) is 12.1 Å². The molecule has 0 aliphatic carbocycles. The van der Waals surface area contributed by atoms with Crippen LogP contribution in [-0.4, -0.2) is 14.9 Å². The number of hydrogen-bond acceptors (Lipinski definition) is 7. The molecule has 0 spiro atoms. The molecule has 0 bridgehead atoms. The lowest BCUT2D eigenvalue weighted by Crippen LogP contribution is -2.28. The summed E-state index contributed by atoms with van der Waals surface area (Å²) in [6.45, 7) is 0.212. The summed E-state index contributed by atoms with van der Waals surface area (Å²) >= 11 is 0. The molecule has 2 aromatic heterocycles. The zero-order valence-corrected chi connectivity index (χ0v) is 8.87. The molecule has 0 aliphatic heterocycles. The maximum atomic E-state index is 9.60. The van der Waals surface area contributed by atoms with Crippen molar-refractivity contribution < 1.29 is 9.62 Å². The van der Waals surface area contributed by atoms with Crippen molar-refractivity contribution in [3.63, 3.8) is 0 Å². The first-order chi connectivity index (χ1) is 8.09. The maximum Gasteiger partial charge on any atom is 0.262 e. The van der Waals surface area contributed by atoms with Gasteiger partial charge in [0.2, 0.25) is 0 Å². The highest BCUT2D eigenvalue weighted by molar-refractivity contribution is 5.70. The van der Waals surface area contributed by atoms with Gasteiger partial charge in [0.25, 0.3) is 5.62 Å². The molecule has 17 heavy (non-hydrogen) atoms. The number of anilines is 3. The van der Waals surface area contributed by atoms with Gasteiger partial charge >= 0.3 is 0 Å². The molecule has 0 unspecified atom stereocenters. The Labute approximate surface area is 96.0 Å². The Balaban J connectivity index is 2.42. The largest absolute Gasteiger partial charge is 0.467 e. The number of furan rings is 1. The minimum atomic E-state index is -0.101. The molecule has 0 fully saturated rings. The third-order valence-corrected chi connectivity index (χ3v) is 2.15. The van der Waals surface area contributed by atoms with Crippen molar-refractivity contribution in [2.45, 2.75) is 6.54 Å². The van der Waals surface area contributed by atoms with Gasteiger partial charge in [0.05, 0.1) is 6.26 Å². The highest BCUT2D eigenvalue weighted by Crippen LogP contribution is 2.15. The van der Waals surface area contributed by atoms with Crippen LogP contribution in [0.5, 0.6) is 0 Å². The second-order valence-corrected chi connectivity index (χ2v) is 3.30. The molecule has 8 heteroatoms.